The number of carbonyl (C=O) groups excluding carboxylic acids is 2. The molecule has 1 atom stereocenters. The molecule has 27 heavy (non-hydrogen) atoms. The van der Waals surface area contributed by atoms with Gasteiger partial charge in [-0.05, 0) is 37.1 Å². The van der Waals surface area contributed by atoms with Crippen molar-refractivity contribution in [2.24, 2.45) is 0 Å². The van der Waals surface area contributed by atoms with Crippen molar-refractivity contribution in [2.75, 3.05) is 32.7 Å². The number of carbonyl (C=O) groups is 2. The minimum absolute atomic E-state index is 0.0128. The van der Waals surface area contributed by atoms with Crippen LogP contribution in [0.5, 0.6) is 0 Å². The van der Waals surface area contributed by atoms with Gasteiger partial charge in [0.1, 0.15) is 11.3 Å². The Balaban J connectivity index is 1.50. The molecule has 8 nitrogen and oxygen atoms in total. The van der Waals surface area contributed by atoms with Crippen LogP contribution in [0.1, 0.15) is 23.2 Å². The second-order valence-corrected chi connectivity index (χ2v) is 6.90. The molecule has 142 valence electrons. The van der Waals surface area contributed by atoms with E-state index in [1.54, 1.807) is 29.2 Å². The standard InChI is InChI=1S/C19H22N4O4/c24-17-11-20-7-9-23(17)13-3-1-8-22(12-13)19(26)14-5-6-15(21-18(14)25)16-4-2-10-27-16/h2,4-6,10,13,20H,1,3,7-9,11-12H2,(H,21,25). The van der Waals surface area contributed by atoms with Crippen molar-refractivity contribution < 1.29 is 14.0 Å². The number of pyridine rings is 1. The Morgan fingerprint density at radius 2 is 2.07 bits per heavy atom. The van der Waals surface area contributed by atoms with Crippen LogP contribution < -0.4 is 10.9 Å². The zero-order chi connectivity index (χ0) is 18.8. The largest absolute Gasteiger partial charge is 0.463 e. The van der Waals surface area contributed by atoms with Gasteiger partial charge in [0.05, 0.1) is 18.5 Å². The Morgan fingerprint density at radius 1 is 1.19 bits per heavy atom. The van der Waals surface area contributed by atoms with Gasteiger partial charge in [0.15, 0.2) is 0 Å². The molecule has 0 spiro atoms. The number of hydrogen-bond acceptors (Lipinski definition) is 5. The van der Waals surface area contributed by atoms with Crippen molar-refractivity contribution in [3.63, 3.8) is 0 Å². The summed E-state index contributed by atoms with van der Waals surface area (Å²) in [6, 6.07) is 6.71. The second-order valence-electron chi connectivity index (χ2n) is 6.90. The predicted molar refractivity (Wildman–Crippen MR) is 98.3 cm³/mol. The third-order valence-electron chi connectivity index (χ3n) is 5.18. The lowest BCUT2D eigenvalue weighted by Crippen LogP contribution is -2.57. The van der Waals surface area contributed by atoms with Gasteiger partial charge in [-0.15, -0.1) is 0 Å². The van der Waals surface area contributed by atoms with E-state index in [1.165, 1.54) is 6.26 Å². The zero-order valence-electron chi connectivity index (χ0n) is 14.9. The van der Waals surface area contributed by atoms with Crippen molar-refractivity contribution in [1.82, 2.24) is 20.1 Å². The third-order valence-corrected chi connectivity index (χ3v) is 5.18. The van der Waals surface area contributed by atoms with Crippen LogP contribution in [0, 0.1) is 0 Å². The molecule has 4 heterocycles. The number of aromatic nitrogens is 1. The maximum absolute atomic E-state index is 12.9. The summed E-state index contributed by atoms with van der Waals surface area (Å²) in [5.41, 5.74) is 0.205. The minimum atomic E-state index is -0.436. The highest BCUT2D eigenvalue weighted by Crippen LogP contribution is 2.20. The van der Waals surface area contributed by atoms with Crippen molar-refractivity contribution in [3.05, 3.63) is 46.4 Å². The number of hydrogen-bond donors (Lipinski definition) is 2. The summed E-state index contributed by atoms with van der Waals surface area (Å²) in [4.78, 5) is 43.7. The molecule has 0 aliphatic carbocycles. The average Bonchev–Trinajstić information content (AvgIpc) is 3.23. The Morgan fingerprint density at radius 3 is 2.81 bits per heavy atom. The van der Waals surface area contributed by atoms with E-state index in [9.17, 15) is 14.4 Å². The lowest BCUT2D eigenvalue weighted by atomic mass is 10.0. The van der Waals surface area contributed by atoms with E-state index in [2.05, 4.69) is 10.3 Å². The molecule has 0 saturated carbocycles. The molecular weight excluding hydrogens is 348 g/mol. The number of rotatable bonds is 3. The first-order valence-corrected chi connectivity index (χ1v) is 9.20. The van der Waals surface area contributed by atoms with E-state index >= 15 is 0 Å². The molecule has 2 amide bonds. The Hall–Kier alpha value is -2.87. The molecule has 2 aromatic rings. The normalized spacial score (nSPS) is 20.7. The molecule has 2 N–H and O–H groups in total. The molecule has 2 saturated heterocycles. The first-order chi connectivity index (χ1) is 13.1. The monoisotopic (exact) mass is 370 g/mol. The van der Waals surface area contributed by atoms with Gasteiger partial charge in [-0.1, -0.05) is 0 Å². The molecule has 2 aliphatic rings. The quantitative estimate of drug-likeness (QED) is 0.828. The molecule has 4 rings (SSSR count). The van der Waals surface area contributed by atoms with Gasteiger partial charge in [0.2, 0.25) is 5.91 Å². The lowest BCUT2D eigenvalue weighted by Gasteiger charge is -2.41. The van der Waals surface area contributed by atoms with Gasteiger partial charge in [-0.3, -0.25) is 14.4 Å². The van der Waals surface area contributed by atoms with Crippen LogP contribution in [0.3, 0.4) is 0 Å². The fraction of sp³-hybridized carbons (Fsp3) is 0.421. The lowest BCUT2D eigenvalue weighted by molar-refractivity contribution is -0.135. The highest BCUT2D eigenvalue weighted by Gasteiger charge is 2.32. The Kier molecular flexibility index (Phi) is 4.81. The van der Waals surface area contributed by atoms with Crippen LogP contribution >= 0.6 is 0 Å². The minimum Gasteiger partial charge on any atom is -0.463 e. The molecule has 2 fully saturated rings. The number of likely N-dealkylation sites (tertiary alicyclic amines) is 1. The fourth-order valence-electron chi connectivity index (χ4n) is 3.79. The van der Waals surface area contributed by atoms with Crippen LogP contribution in [0.4, 0.5) is 0 Å². The van der Waals surface area contributed by atoms with Crippen LogP contribution in [-0.2, 0) is 4.79 Å². The molecule has 2 aliphatic heterocycles. The maximum atomic E-state index is 12.9. The van der Waals surface area contributed by atoms with Gasteiger partial charge >= 0.3 is 0 Å². The van der Waals surface area contributed by atoms with Crippen LogP contribution in [-0.4, -0.2) is 65.4 Å². The topological polar surface area (TPSA) is 98.7 Å². The molecular formula is C19H22N4O4. The summed E-state index contributed by atoms with van der Waals surface area (Å²) in [7, 11) is 0. The molecule has 0 aromatic carbocycles. The smallest absolute Gasteiger partial charge is 0.261 e. The predicted octanol–water partition coefficient (Wildman–Crippen LogP) is 0.671. The summed E-state index contributed by atoms with van der Waals surface area (Å²) in [5, 5.41) is 3.06. The molecule has 8 heteroatoms. The van der Waals surface area contributed by atoms with Crippen molar-refractivity contribution in [1.29, 1.82) is 0 Å². The van der Waals surface area contributed by atoms with E-state index in [4.69, 9.17) is 4.42 Å². The number of H-pyrrole nitrogens is 1. The number of furan rings is 1. The van der Waals surface area contributed by atoms with Crippen LogP contribution in [0.25, 0.3) is 11.5 Å². The van der Waals surface area contributed by atoms with Gasteiger partial charge in [-0.25, -0.2) is 0 Å². The van der Waals surface area contributed by atoms with Crippen molar-refractivity contribution in [3.8, 4) is 11.5 Å². The van der Waals surface area contributed by atoms with E-state index < -0.39 is 5.56 Å². The summed E-state index contributed by atoms with van der Waals surface area (Å²) >= 11 is 0. The third kappa shape index (κ3) is 3.52. The summed E-state index contributed by atoms with van der Waals surface area (Å²) in [6.45, 7) is 2.82. The SMILES string of the molecule is O=C(c1ccc(-c2ccco2)[nH]c1=O)N1CCCC(N2CCNCC2=O)C1. The van der Waals surface area contributed by atoms with Gasteiger partial charge in [-0.2, -0.15) is 0 Å². The van der Waals surface area contributed by atoms with Crippen LogP contribution in [0.15, 0.2) is 39.7 Å². The van der Waals surface area contributed by atoms with E-state index in [0.717, 1.165) is 19.4 Å². The van der Waals surface area contributed by atoms with E-state index in [-0.39, 0.29) is 23.4 Å². The number of nitrogens with one attached hydrogen (secondary N) is 2. The number of amides is 2. The molecule has 1 unspecified atom stereocenters. The van der Waals surface area contributed by atoms with Gasteiger partial charge < -0.3 is 24.5 Å². The number of aromatic amines is 1. The number of piperazine rings is 1. The molecule has 0 radical (unpaired) electrons. The number of piperidine rings is 1. The summed E-state index contributed by atoms with van der Waals surface area (Å²) in [6.07, 6.45) is 3.22. The first-order valence-electron chi connectivity index (χ1n) is 9.20. The maximum Gasteiger partial charge on any atom is 0.261 e. The highest BCUT2D eigenvalue weighted by atomic mass is 16.3. The molecule has 2 aromatic heterocycles. The molecule has 0 bridgehead atoms. The first kappa shape index (κ1) is 17.5. The van der Waals surface area contributed by atoms with Gasteiger partial charge in [0.25, 0.3) is 11.5 Å². The van der Waals surface area contributed by atoms with Crippen LogP contribution in [0.2, 0.25) is 0 Å². The van der Waals surface area contributed by atoms with E-state index in [0.29, 0.717) is 37.6 Å². The van der Waals surface area contributed by atoms with Crippen molar-refractivity contribution in [2.45, 2.75) is 18.9 Å². The second kappa shape index (κ2) is 7.40. The summed E-state index contributed by atoms with van der Waals surface area (Å²) in [5.74, 6) is 0.317. The summed E-state index contributed by atoms with van der Waals surface area (Å²) < 4.78 is 5.27. The highest BCUT2D eigenvalue weighted by molar-refractivity contribution is 5.94. The fourth-order valence-corrected chi connectivity index (χ4v) is 3.79. The Labute approximate surface area is 156 Å². The number of nitrogens with zero attached hydrogens (tertiary/aromatic N) is 2. The average molecular weight is 370 g/mol. The Bertz CT molecular complexity index is 889. The van der Waals surface area contributed by atoms with E-state index in [1.807, 2.05) is 4.90 Å². The van der Waals surface area contributed by atoms with Crippen molar-refractivity contribution >= 4 is 11.8 Å². The van der Waals surface area contributed by atoms with Gasteiger partial charge in [0, 0.05) is 32.2 Å². The zero-order valence-corrected chi connectivity index (χ0v) is 14.9.